The molecular weight excluding hydrogens is 288 g/mol. The molecule has 21 heavy (non-hydrogen) atoms. The molecule has 112 valence electrons. The summed E-state index contributed by atoms with van der Waals surface area (Å²) in [6, 6.07) is -0.776. The fourth-order valence-corrected chi connectivity index (χ4v) is 3.62. The summed E-state index contributed by atoms with van der Waals surface area (Å²) in [4.78, 5) is 25.3. The van der Waals surface area contributed by atoms with Crippen LogP contribution in [0.3, 0.4) is 0 Å². The number of fused-ring (bicyclic) bond motifs is 1. The lowest BCUT2D eigenvalue weighted by Gasteiger charge is -2.10. The number of terminal acetylenes is 1. The van der Waals surface area contributed by atoms with Gasteiger partial charge in [0.1, 0.15) is 5.00 Å². The topological polar surface area (TPSA) is 81.4 Å². The van der Waals surface area contributed by atoms with Gasteiger partial charge in [0.05, 0.1) is 18.2 Å². The van der Waals surface area contributed by atoms with Crippen LogP contribution in [0.4, 0.5) is 5.00 Å². The number of amides is 1. The van der Waals surface area contributed by atoms with E-state index in [1.807, 2.05) is 0 Å². The van der Waals surface area contributed by atoms with Gasteiger partial charge in [-0.15, -0.1) is 23.7 Å². The van der Waals surface area contributed by atoms with E-state index >= 15 is 0 Å². The van der Waals surface area contributed by atoms with Gasteiger partial charge in [0.25, 0.3) is 0 Å². The average molecular weight is 306 g/mol. The molecule has 2 rings (SSSR count). The number of hydrogen-bond donors (Lipinski definition) is 2. The van der Waals surface area contributed by atoms with Gasteiger partial charge in [-0.2, -0.15) is 0 Å². The molecule has 1 atom stereocenters. The van der Waals surface area contributed by atoms with E-state index in [-0.39, 0.29) is 12.3 Å². The largest absolute Gasteiger partial charge is 0.462 e. The quantitative estimate of drug-likeness (QED) is 0.641. The van der Waals surface area contributed by atoms with Gasteiger partial charge in [-0.1, -0.05) is 0 Å². The van der Waals surface area contributed by atoms with Crippen molar-refractivity contribution in [2.24, 2.45) is 5.73 Å². The molecule has 0 saturated carbocycles. The molecule has 1 aliphatic carbocycles. The molecule has 6 heteroatoms. The zero-order valence-corrected chi connectivity index (χ0v) is 12.7. The number of carbonyl (C=O) groups is 2. The number of esters is 1. The Balaban J connectivity index is 2.25. The van der Waals surface area contributed by atoms with E-state index in [0.29, 0.717) is 17.2 Å². The number of hydrogen-bond acceptors (Lipinski definition) is 5. The maximum Gasteiger partial charge on any atom is 0.341 e. The first-order valence-electron chi connectivity index (χ1n) is 6.90. The second-order valence-corrected chi connectivity index (χ2v) is 5.89. The molecule has 0 aliphatic heterocycles. The van der Waals surface area contributed by atoms with Crippen molar-refractivity contribution in [2.45, 2.75) is 38.6 Å². The summed E-state index contributed by atoms with van der Waals surface area (Å²) in [6.45, 7) is 2.05. The lowest BCUT2D eigenvalue weighted by Crippen LogP contribution is -2.35. The molecular formula is C15H18N2O3S. The van der Waals surface area contributed by atoms with Crippen molar-refractivity contribution in [2.75, 3.05) is 11.9 Å². The van der Waals surface area contributed by atoms with E-state index in [0.717, 1.165) is 29.7 Å². The molecule has 1 aromatic rings. The molecule has 1 aliphatic rings. The zero-order valence-electron chi connectivity index (χ0n) is 11.9. The SMILES string of the molecule is C#CCC(N)C(=O)Nc1sc2c(c1C(=O)OCC)CCC2. The second-order valence-electron chi connectivity index (χ2n) is 4.79. The van der Waals surface area contributed by atoms with Crippen LogP contribution in [0.5, 0.6) is 0 Å². The Labute approximate surface area is 127 Å². The number of anilines is 1. The Bertz CT molecular complexity index is 601. The number of ether oxygens (including phenoxy) is 1. The third-order valence-electron chi connectivity index (χ3n) is 3.31. The molecule has 0 fully saturated rings. The van der Waals surface area contributed by atoms with Gasteiger partial charge < -0.3 is 15.8 Å². The molecule has 1 amide bonds. The first-order valence-corrected chi connectivity index (χ1v) is 7.71. The van der Waals surface area contributed by atoms with Gasteiger partial charge in [-0.3, -0.25) is 4.79 Å². The van der Waals surface area contributed by atoms with Crippen molar-refractivity contribution >= 4 is 28.2 Å². The van der Waals surface area contributed by atoms with Crippen LogP contribution in [-0.2, 0) is 22.4 Å². The summed E-state index contributed by atoms with van der Waals surface area (Å²) in [7, 11) is 0. The van der Waals surface area contributed by atoms with Crippen molar-refractivity contribution in [3.8, 4) is 12.3 Å². The number of aryl methyl sites for hydroxylation is 1. The van der Waals surface area contributed by atoms with Crippen molar-refractivity contribution in [3.05, 3.63) is 16.0 Å². The monoisotopic (exact) mass is 306 g/mol. The Morgan fingerprint density at radius 3 is 2.95 bits per heavy atom. The van der Waals surface area contributed by atoms with Crippen LogP contribution < -0.4 is 11.1 Å². The third-order valence-corrected chi connectivity index (χ3v) is 4.52. The normalized spacial score (nSPS) is 14.1. The highest BCUT2D eigenvalue weighted by Crippen LogP contribution is 2.39. The minimum atomic E-state index is -0.776. The number of nitrogens with two attached hydrogens (primary N) is 1. The van der Waals surface area contributed by atoms with E-state index in [2.05, 4.69) is 11.2 Å². The molecule has 3 N–H and O–H groups in total. The smallest absolute Gasteiger partial charge is 0.341 e. The van der Waals surface area contributed by atoms with Gasteiger partial charge in [-0.25, -0.2) is 4.79 Å². The first kappa shape index (κ1) is 15.5. The standard InChI is InChI=1S/C15H18N2O3S/c1-3-6-10(16)13(18)17-14-12(15(19)20-4-2)9-7-5-8-11(9)21-14/h1,10H,4-8,16H2,2H3,(H,17,18). The maximum atomic E-state index is 12.1. The highest BCUT2D eigenvalue weighted by molar-refractivity contribution is 7.17. The van der Waals surface area contributed by atoms with Crippen LogP contribution in [0.25, 0.3) is 0 Å². The van der Waals surface area contributed by atoms with Gasteiger partial charge in [0, 0.05) is 11.3 Å². The molecule has 0 saturated heterocycles. The van der Waals surface area contributed by atoms with Crippen LogP contribution in [0.1, 0.15) is 40.6 Å². The predicted molar refractivity (Wildman–Crippen MR) is 82.4 cm³/mol. The number of rotatable bonds is 5. The van der Waals surface area contributed by atoms with Gasteiger partial charge >= 0.3 is 5.97 Å². The van der Waals surface area contributed by atoms with Gasteiger partial charge in [0.2, 0.25) is 5.91 Å². The number of thiophene rings is 1. The van der Waals surface area contributed by atoms with E-state index in [1.54, 1.807) is 6.92 Å². The Kier molecular flexibility index (Phi) is 4.99. The van der Waals surface area contributed by atoms with Gasteiger partial charge in [-0.05, 0) is 31.7 Å². The molecule has 1 aromatic heterocycles. The molecule has 5 nitrogen and oxygen atoms in total. The lowest BCUT2D eigenvalue weighted by atomic mass is 10.1. The van der Waals surface area contributed by atoms with Crippen molar-refractivity contribution in [1.29, 1.82) is 0 Å². The molecule has 0 aromatic carbocycles. The number of carbonyl (C=O) groups excluding carboxylic acids is 2. The summed E-state index contributed by atoms with van der Waals surface area (Å²) in [6.07, 6.45) is 8.11. The van der Waals surface area contributed by atoms with Crippen LogP contribution >= 0.6 is 11.3 Å². The van der Waals surface area contributed by atoms with Crippen molar-refractivity contribution in [1.82, 2.24) is 0 Å². The summed E-state index contributed by atoms with van der Waals surface area (Å²) in [5, 5.41) is 3.25. The molecule has 1 unspecified atom stereocenters. The molecule has 0 radical (unpaired) electrons. The summed E-state index contributed by atoms with van der Waals surface area (Å²) in [5.41, 5.74) is 7.17. The van der Waals surface area contributed by atoms with Crippen LogP contribution in [0.2, 0.25) is 0 Å². The van der Waals surface area contributed by atoms with Crippen molar-refractivity contribution < 1.29 is 14.3 Å². The van der Waals surface area contributed by atoms with Crippen LogP contribution in [0.15, 0.2) is 0 Å². The third kappa shape index (κ3) is 3.26. The summed E-state index contributed by atoms with van der Waals surface area (Å²) in [5.74, 6) is 1.59. The van der Waals surface area contributed by atoms with E-state index in [4.69, 9.17) is 16.9 Å². The summed E-state index contributed by atoms with van der Waals surface area (Å²) < 4.78 is 5.09. The fraction of sp³-hybridized carbons (Fsp3) is 0.467. The van der Waals surface area contributed by atoms with E-state index < -0.39 is 12.0 Å². The predicted octanol–water partition coefficient (Wildman–Crippen LogP) is 1.70. The van der Waals surface area contributed by atoms with E-state index in [1.165, 1.54) is 11.3 Å². The van der Waals surface area contributed by atoms with Crippen molar-refractivity contribution in [3.63, 3.8) is 0 Å². The van der Waals surface area contributed by atoms with E-state index in [9.17, 15) is 9.59 Å². The average Bonchev–Trinajstić information content (AvgIpc) is 2.99. The van der Waals surface area contributed by atoms with Crippen LogP contribution in [-0.4, -0.2) is 24.5 Å². The highest BCUT2D eigenvalue weighted by atomic mass is 32.1. The highest BCUT2D eigenvalue weighted by Gasteiger charge is 2.28. The Morgan fingerprint density at radius 2 is 2.29 bits per heavy atom. The first-order chi connectivity index (χ1) is 10.1. The molecule has 0 bridgehead atoms. The van der Waals surface area contributed by atoms with Gasteiger partial charge in [0.15, 0.2) is 0 Å². The Hall–Kier alpha value is -1.84. The van der Waals surface area contributed by atoms with Crippen LogP contribution in [0, 0.1) is 12.3 Å². The Morgan fingerprint density at radius 1 is 1.52 bits per heavy atom. The second kappa shape index (κ2) is 6.74. The minimum Gasteiger partial charge on any atom is -0.462 e. The molecule has 0 spiro atoms. The zero-order chi connectivity index (χ0) is 15.4. The minimum absolute atomic E-state index is 0.158. The summed E-state index contributed by atoms with van der Waals surface area (Å²) >= 11 is 1.43. The fourth-order valence-electron chi connectivity index (χ4n) is 2.34. The molecule has 1 heterocycles. The number of nitrogens with one attached hydrogen (secondary N) is 1. The maximum absolute atomic E-state index is 12.1. The lowest BCUT2D eigenvalue weighted by molar-refractivity contribution is -0.117.